The summed E-state index contributed by atoms with van der Waals surface area (Å²) in [6.07, 6.45) is 0. The highest BCUT2D eigenvalue weighted by Gasteiger charge is 2.17. The Morgan fingerprint density at radius 3 is 2.82 bits per heavy atom. The smallest absolute Gasteiger partial charge is 0.252 e. The molecule has 0 aliphatic heterocycles. The molecule has 0 saturated heterocycles. The average Bonchev–Trinajstić information content (AvgIpc) is 2.93. The molecule has 0 unspecified atom stereocenters. The lowest BCUT2D eigenvalue weighted by Crippen LogP contribution is -2.17. The first kappa shape index (κ1) is 14.3. The van der Waals surface area contributed by atoms with Gasteiger partial charge in [0, 0.05) is 5.39 Å². The molecular weight excluding hydrogens is 304 g/mol. The summed E-state index contributed by atoms with van der Waals surface area (Å²) in [4.78, 5) is 11.5. The highest BCUT2D eigenvalue weighted by atomic mass is 35.5. The van der Waals surface area contributed by atoms with Crippen molar-refractivity contribution >= 4 is 34.3 Å². The summed E-state index contributed by atoms with van der Waals surface area (Å²) in [5.41, 5.74) is 6.31. The van der Waals surface area contributed by atoms with Gasteiger partial charge in [-0.2, -0.15) is 0 Å². The number of hydrogen-bond acceptors (Lipinski definition) is 5. The molecule has 1 atom stereocenters. The van der Waals surface area contributed by atoms with Gasteiger partial charge in [-0.15, -0.1) is 10.2 Å². The Bertz CT molecular complexity index is 813. The third-order valence-corrected chi connectivity index (χ3v) is 3.44. The van der Waals surface area contributed by atoms with Gasteiger partial charge < -0.3 is 15.5 Å². The number of fused-ring (bicyclic) bond motifs is 1. The van der Waals surface area contributed by atoms with Crippen LogP contribution < -0.4 is 11.1 Å². The van der Waals surface area contributed by atoms with Crippen molar-refractivity contribution in [3.05, 3.63) is 52.9 Å². The number of halogens is 1. The first-order valence-corrected chi connectivity index (χ1v) is 7.00. The third kappa shape index (κ3) is 2.73. The maximum absolute atomic E-state index is 11.5. The molecule has 0 radical (unpaired) electrons. The molecule has 0 fully saturated rings. The minimum atomic E-state index is -0.629. The summed E-state index contributed by atoms with van der Waals surface area (Å²) in [5, 5.41) is 11.8. The van der Waals surface area contributed by atoms with Crippen molar-refractivity contribution in [2.24, 2.45) is 5.73 Å². The molecule has 1 aromatic carbocycles. The van der Waals surface area contributed by atoms with Crippen molar-refractivity contribution < 1.29 is 9.21 Å². The van der Waals surface area contributed by atoms with Crippen molar-refractivity contribution in [1.29, 1.82) is 0 Å². The fraction of sp³-hybridized carbons (Fsp3) is 0.133. The second-order valence-electron chi connectivity index (χ2n) is 4.85. The number of primary amides is 1. The third-order valence-electron chi connectivity index (χ3n) is 3.25. The van der Waals surface area contributed by atoms with Gasteiger partial charge in [-0.3, -0.25) is 4.79 Å². The second kappa shape index (κ2) is 5.65. The number of carbonyl (C=O) groups excluding carboxylic acids is 1. The van der Waals surface area contributed by atoms with Crippen LogP contribution in [0.25, 0.3) is 11.0 Å². The molecule has 22 heavy (non-hydrogen) atoms. The molecule has 0 spiro atoms. The Labute approximate surface area is 131 Å². The number of aromatic nitrogens is 2. The molecule has 3 N–H and O–H groups in total. The van der Waals surface area contributed by atoms with Gasteiger partial charge in [0.25, 0.3) is 5.91 Å². The number of rotatable bonds is 4. The first-order chi connectivity index (χ1) is 10.5. The largest absolute Gasteiger partial charge is 0.459 e. The van der Waals surface area contributed by atoms with Gasteiger partial charge in [0.05, 0.1) is 11.6 Å². The molecule has 6 nitrogen and oxygen atoms in total. The number of hydrogen-bond donors (Lipinski definition) is 2. The van der Waals surface area contributed by atoms with Crippen LogP contribution in [-0.4, -0.2) is 16.1 Å². The first-order valence-electron chi connectivity index (χ1n) is 6.62. The highest BCUT2D eigenvalue weighted by Crippen LogP contribution is 2.26. The molecule has 0 bridgehead atoms. The van der Waals surface area contributed by atoms with E-state index in [0.717, 1.165) is 11.0 Å². The van der Waals surface area contributed by atoms with Gasteiger partial charge >= 0.3 is 0 Å². The summed E-state index contributed by atoms with van der Waals surface area (Å²) in [7, 11) is 0. The van der Waals surface area contributed by atoms with E-state index in [-0.39, 0.29) is 22.6 Å². The number of amides is 1. The molecule has 3 rings (SSSR count). The van der Waals surface area contributed by atoms with Gasteiger partial charge in [0.1, 0.15) is 11.3 Å². The monoisotopic (exact) mass is 316 g/mol. The van der Waals surface area contributed by atoms with Crippen molar-refractivity contribution in [1.82, 2.24) is 10.2 Å². The topological polar surface area (TPSA) is 94.0 Å². The Hall–Kier alpha value is -2.60. The van der Waals surface area contributed by atoms with E-state index in [4.69, 9.17) is 21.8 Å². The fourth-order valence-electron chi connectivity index (χ4n) is 2.15. The van der Waals surface area contributed by atoms with Crippen LogP contribution in [0.1, 0.15) is 29.1 Å². The van der Waals surface area contributed by atoms with E-state index in [9.17, 15) is 4.79 Å². The summed E-state index contributed by atoms with van der Waals surface area (Å²) in [6.45, 7) is 1.89. The van der Waals surface area contributed by atoms with Crippen LogP contribution in [0, 0.1) is 0 Å². The maximum atomic E-state index is 11.5. The lowest BCUT2D eigenvalue weighted by Gasteiger charge is -2.13. The molecule has 7 heteroatoms. The Morgan fingerprint density at radius 2 is 2.09 bits per heavy atom. The molecule has 2 aromatic heterocycles. The van der Waals surface area contributed by atoms with E-state index in [1.807, 2.05) is 37.3 Å². The van der Waals surface area contributed by atoms with Gasteiger partial charge in [-0.1, -0.05) is 29.8 Å². The number of anilines is 1. The number of benzene rings is 1. The molecular formula is C15H13ClN4O2. The summed E-state index contributed by atoms with van der Waals surface area (Å²) in [6, 6.07) is 10.8. The average molecular weight is 317 g/mol. The van der Waals surface area contributed by atoms with Crippen LogP contribution in [0.5, 0.6) is 0 Å². The number of para-hydroxylation sites is 1. The van der Waals surface area contributed by atoms with E-state index < -0.39 is 5.91 Å². The maximum Gasteiger partial charge on any atom is 0.252 e. The van der Waals surface area contributed by atoms with Crippen LogP contribution in [0.4, 0.5) is 5.82 Å². The predicted octanol–water partition coefficient (Wildman–Crippen LogP) is 3.15. The standard InChI is InChI=1S/C15H13ClN4O2/c1-8(12-6-9-4-2-3-5-11(9)22-12)18-15-10(14(17)21)7-13(16)19-20-15/h2-8H,1H3,(H2,17,21)(H,18,20)/t8-/m1/s1. The van der Waals surface area contributed by atoms with Gasteiger partial charge in [-0.25, -0.2) is 0 Å². The fourth-order valence-corrected chi connectivity index (χ4v) is 2.30. The molecule has 3 aromatic rings. The van der Waals surface area contributed by atoms with Crippen LogP contribution in [-0.2, 0) is 0 Å². The lowest BCUT2D eigenvalue weighted by atomic mass is 10.2. The molecule has 0 aliphatic rings. The van der Waals surface area contributed by atoms with Gasteiger partial charge in [-0.05, 0) is 25.1 Å². The van der Waals surface area contributed by atoms with Crippen LogP contribution in [0.2, 0.25) is 5.15 Å². The van der Waals surface area contributed by atoms with E-state index in [1.165, 1.54) is 6.07 Å². The van der Waals surface area contributed by atoms with Crippen LogP contribution in [0.3, 0.4) is 0 Å². The SMILES string of the molecule is C[C@@H](Nc1nnc(Cl)cc1C(N)=O)c1cc2ccccc2o1. The lowest BCUT2D eigenvalue weighted by molar-refractivity contribution is 0.100. The summed E-state index contributed by atoms with van der Waals surface area (Å²) < 4.78 is 5.77. The molecule has 2 heterocycles. The number of nitrogens with zero attached hydrogens (tertiary/aromatic N) is 2. The number of nitrogens with two attached hydrogens (primary N) is 1. The van der Waals surface area contributed by atoms with E-state index in [0.29, 0.717) is 5.76 Å². The minimum absolute atomic E-state index is 0.107. The van der Waals surface area contributed by atoms with Gasteiger partial charge in [0.15, 0.2) is 11.0 Å². The summed E-state index contributed by atoms with van der Waals surface area (Å²) in [5.74, 6) is 0.356. The quantitative estimate of drug-likeness (QED) is 0.771. The number of furan rings is 1. The Morgan fingerprint density at radius 1 is 1.32 bits per heavy atom. The normalized spacial score (nSPS) is 12.3. The highest BCUT2D eigenvalue weighted by molar-refractivity contribution is 6.29. The number of carbonyl (C=O) groups is 1. The van der Waals surface area contributed by atoms with Crippen LogP contribution in [0.15, 0.2) is 40.8 Å². The van der Waals surface area contributed by atoms with Crippen molar-refractivity contribution in [2.75, 3.05) is 5.32 Å². The number of nitrogens with one attached hydrogen (secondary N) is 1. The Kier molecular flexibility index (Phi) is 3.68. The zero-order valence-corrected chi connectivity index (χ0v) is 12.5. The molecule has 0 saturated carbocycles. The van der Waals surface area contributed by atoms with E-state index >= 15 is 0 Å². The molecule has 0 aliphatic carbocycles. The van der Waals surface area contributed by atoms with Crippen molar-refractivity contribution in [3.63, 3.8) is 0 Å². The predicted molar refractivity (Wildman–Crippen MR) is 83.8 cm³/mol. The van der Waals surface area contributed by atoms with Crippen molar-refractivity contribution in [3.8, 4) is 0 Å². The molecule has 1 amide bonds. The van der Waals surface area contributed by atoms with Crippen molar-refractivity contribution in [2.45, 2.75) is 13.0 Å². The van der Waals surface area contributed by atoms with Crippen LogP contribution >= 0.6 is 11.6 Å². The van der Waals surface area contributed by atoms with Gasteiger partial charge in [0.2, 0.25) is 0 Å². The second-order valence-corrected chi connectivity index (χ2v) is 5.23. The minimum Gasteiger partial charge on any atom is -0.459 e. The zero-order chi connectivity index (χ0) is 15.7. The van der Waals surface area contributed by atoms with E-state index in [2.05, 4.69) is 15.5 Å². The summed E-state index contributed by atoms with van der Waals surface area (Å²) >= 11 is 5.74. The Balaban J connectivity index is 1.91. The van der Waals surface area contributed by atoms with E-state index in [1.54, 1.807) is 0 Å². The molecule has 112 valence electrons. The zero-order valence-electron chi connectivity index (χ0n) is 11.7.